The fourth-order valence-corrected chi connectivity index (χ4v) is 5.30. The second-order valence-corrected chi connectivity index (χ2v) is 9.67. The van der Waals surface area contributed by atoms with Gasteiger partial charge in [0.15, 0.2) is 5.17 Å². The van der Waals surface area contributed by atoms with Crippen molar-refractivity contribution in [3.63, 3.8) is 0 Å². The SMILES string of the molecule is Cc1cc(C=C2C(=N)N3C(c4ccccc4)=CSC3=NC2=O)c(C)n1-c1ccc(C(C)C)cc1. The molecule has 3 heterocycles. The number of nitrogens with zero attached hydrogens (tertiary/aromatic N) is 3. The molecule has 34 heavy (non-hydrogen) atoms. The van der Waals surface area contributed by atoms with Gasteiger partial charge < -0.3 is 4.57 Å². The van der Waals surface area contributed by atoms with Crippen LogP contribution in [0.25, 0.3) is 17.5 Å². The number of hydrogen-bond donors (Lipinski definition) is 1. The largest absolute Gasteiger partial charge is 0.318 e. The molecule has 1 aromatic heterocycles. The summed E-state index contributed by atoms with van der Waals surface area (Å²) >= 11 is 1.38. The lowest BCUT2D eigenvalue weighted by atomic mass is 10.0. The first-order chi connectivity index (χ1) is 16.3. The Balaban J connectivity index is 1.52. The van der Waals surface area contributed by atoms with Gasteiger partial charge in [-0.2, -0.15) is 4.99 Å². The topological polar surface area (TPSA) is 61.5 Å². The van der Waals surface area contributed by atoms with Crippen molar-refractivity contribution in [1.82, 2.24) is 9.47 Å². The minimum atomic E-state index is -0.377. The van der Waals surface area contributed by atoms with Gasteiger partial charge in [-0.1, -0.05) is 68.1 Å². The number of aryl methyl sites for hydroxylation is 1. The smallest absolute Gasteiger partial charge is 0.283 e. The molecule has 0 atom stereocenters. The first kappa shape index (κ1) is 22.2. The van der Waals surface area contributed by atoms with Crippen LogP contribution in [0.2, 0.25) is 0 Å². The average Bonchev–Trinajstić information content (AvgIpc) is 3.37. The average molecular weight is 467 g/mol. The number of carbonyl (C=O) groups is 1. The molecule has 2 aromatic carbocycles. The Hall–Kier alpha value is -3.64. The number of carbonyl (C=O) groups excluding carboxylic acids is 1. The van der Waals surface area contributed by atoms with E-state index in [-0.39, 0.29) is 11.7 Å². The highest BCUT2D eigenvalue weighted by atomic mass is 32.2. The monoisotopic (exact) mass is 466 g/mol. The minimum Gasteiger partial charge on any atom is -0.318 e. The summed E-state index contributed by atoms with van der Waals surface area (Å²) in [7, 11) is 0. The fourth-order valence-electron chi connectivity index (χ4n) is 4.41. The molecule has 0 saturated heterocycles. The first-order valence-corrected chi connectivity index (χ1v) is 12.2. The van der Waals surface area contributed by atoms with Crippen LogP contribution in [0, 0.1) is 19.3 Å². The predicted octanol–water partition coefficient (Wildman–Crippen LogP) is 6.52. The first-order valence-electron chi connectivity index (χ1n) is 11.3. The van der Waals surface area contributed by atoms with E-state index < -0.39 is 0 Å². The number of aromatic nitrogens is 1. The van der Waals surface area contributed by atoms with E-state index in [4.69, 9.17) is 5.41 Å². The summed E-state index contributed by atoms with van der Waals surface area (Å²) in [6, 6.07) is 20.5. The quantitative estimate of drug-likeness (QED) is 0.445. The Morgan fingerprint density at radius 2 is 1.74 bits per heavy atom. The van der Waals surface area contributed by atoms with Gasteiger partial charge in [0.05, 0.1) is 11.3 Å². The van der Waals surface area contributed by atoms with Gasteiger partial charge >= 0.3 is 0 Å². The lowest BCUT2D eigenvalue weighted by Gasteiger charge is -2.26. The van der Waals surface area contributed by atoms with Gasteiger partial charge in [-0.3, -0.25) is 15.1 Å². The molecule has 3 aromatic rings. The van der Waals surface area contributed by atoms with Gasteiger partial charge in [0.2, 0.25) is 0 Å². The molecule has 6 heteroatoms. The summed E-state index contributed by atoms with van der Waals surface area (Å²) in [5.41, 5.74) is 7.53. The molecule has 0 radical (unpaired) electrons. The molecule has 1 amide bonds. The molecule has 170 valence electrons. The molecule has 5 rings (SSSR count). The number of amides is 1. The molecule has 0 fully saturated rings. The van der Waals surface area contributed by atoms with E-state index in [0.717, 1.165) is 33.9 Å². The van der Waals surface area contributed by atoms with Crippen molar-refractivity contribution in [2.24, 2.45) is 4.99 Å². The van der Waals surface area contributed by atoms with E-state index in [0.29, 0.717) is 16.7 Å². The van der Waals surface area contributed by atoms with Crippen molar-refractivity contribution in [3.05, 3.63) is 99.7 Å². The highest BCUT2D eigenvalue weighted by Crippen LogP contribution is 2.37. The van der Waals surface area contributed by atoms with Crippen LogP contribution in [0.3, 0.4) is 0 Å². The van der Waals surface area contributed by atoms with E-state index in [1.807, 2.05) is 42.7 Å². The lowest BCUT2D eigenvalue weighted by Crippen LogP contribution is -2.38. The predicted molar refractivity (Wildman–Crippen MR) is 141 cm³/mol. The van der Waals surface area contributed by atoms with Crippen LogP contribution >= 0.6 is 11.8 Å². The third-order valence-corrected chi connectivity index (χ3v) is 7.10. The Morgan fingerprint density at radius 3 is 2.41 bits per heavy atom. The van der Waals surface area contributed by atoms with Crippen molar-refractivity contribution in [1.29, 1.82) is 5.41 Å². The number of fused-ring (bicyclic) bond motifs is 1. The summed E-state index contributed by atoms with van der Waals surface area (Å²) in [5.74, 6) is 0.257. The van der Waals surface area contributed by atoms with Crippen LogP contribution < -0.4 is 0 Å². The standard InChI is InChI=1S/C28H26N4OS/c1-17(2)20-10-12-23(13-11-20)31-18(3)14-22(19(31)4)15-24-26(29)32-25(21-8-6-5-7-9-21)16-34-28(32)30-27(24)33/h5-17,29H,1-4H3. The zero-order chi connectivity index (χ0) is 24.0. The molecule has 0 aliphatic carbocycles. The molecule has 2 aliphatic heterocycles. The summed E-state index contributed by atoms with van der Waals surface area (Å²) < 4.78 is 2.18. The summed E-state index contributed by atoms with van der Waals surface area (Å²) in [6.07, 6.45) is 1.80. The number of rotatable bonds is 4. The van der Waals surface area contributed by atoms with E-state index in [1.54, 1.807) is 11.0 Å². The molecule has 0 bridgehead atoms. The van der Waals surface area contributed by atoms with Crippen molar-refractivity contribution in [3.8, 4) is 5.69 Å². The van der Waals surface area contributed by atoms with Gasteiger partial charge in [0.1, 0.15) is 5.84 Å². The number of aliphatic imine (C=N–C) groups is 1. The maximum absolute atomic E-state index is 12.9. The Morgan fingerprint density at radius 1 is 1.03 bits per heavy atom. The molecule has 1 N–H and O–H groups in total. The number of thioether (sulfide) groups is 1. The normalized spacial score (nSPS) is 16.9. The zero-order valence-corrected chi connectivity index (χ0v) is 20.5. The lowest BCUT2D eigenvalue weighted by molar-refractivity contribution is -0.114. The van der Waals surface area contributed by atoms with Gasteiger partial charge in [0.25, 0.3) is 5.91 Å². The summed E-state index contributed by atoms with van der Waals surface area (Å²) in [4.78, 5) is 19.0. The molecule has 2 aliphatic rings. The highest BCUT2D eigenvalue weighted by molar-refractivity contribution is 8.17. The second kappa shape index (κ2) is 8.61. The van der Waals surface area contributed by atoms with Crippen LogP contribution in [0.4, 0.5) is 0 Å². The van der Waals surface area contributed by atoms with Crippen LogP contribution in [0.1, 0.15) is 47.8 Å². The van der Waals surface area contributed by atoms with Gasteiger partial charge in [-0.05, 0) is 60.7 Å². The minimum absolute atomic E-state index is 0.154. The van der Waals surface area contributed by atoms with Gasteiger partial charge in [-0.25, -0.2) is 0 Å². The van der Waals surface area contributed by atoms with Crippen LogP contribution in [0.15, 0.2) is 76.6 Å². The highest BCUT2D eigenvalue weighted by Gasteiger charge is 2.36. The number of benzene rings is 2. The van der Waals surface area contributed by atoms with E-state index >= 15 is 0 Å². The molecule has 0 unspecified atom stereocenters. The van der Waals surface area contributed by atoms with Gasteiger partial charge in [0, 0.05) is 22.5 Å². The van der Waals surface area contributed by atoms with Crippen molar-refractivity contribution in [2.75, 3.05) is 0 Å². The maximum atomic E-state index is 12.9. The van der Waals surface area contributed by atoms with Crippen LogP contribution in [-0.2, 0) is 4.79 Å². The fraction of sp³-hybridized carbons (Fsp3) is 0.179. The number of hydrogen-bond acceptors (Lipinski definition) is 3. The summed E-state index contributed by atoms with van der Waals surface area (Å²) in [6.45, 7) is 8.48. The van der Waals surface area contributed by atoms with Crippen molar-refractivity contribution < 1.29 is 4.79 Å². The molecule has 0 saturated carbocycles. The van der Waals surface area contributed by atoms with E-state index in [2.05, 4.69) is 60.7 Å². The Kier molecular flexibility index (Phi) is 5.62. The summed E-state index contributed by atoms with van der Waals surface area (Å²) in [5, 5.41) is 11.4. The molecular weight excluding hydrogens is 440 g/mol. The van der Waals surface area contributed by atoms with Crippen LogP contribution in [-0.4, -0.2) is 26.4 Å². The maximum Gasteiger partial charge on any atom is 0.283 e. The van der Waals surface area contributed by atoms with Crippen molar-refractivity contribution in [2.45, 2.75) is 33.6 Å². The Labute approximate surface area is 204 Å². The number of amidine groups is 2. The van der Waals surface area contributed by atoms with Crippen molar-refractivity contribution >= 4 is 40.4 Å². The Bertz CT molecular complexity index is 1390. The molecule has 0 spiro atoms. The van der Waals surface area contributed by atoms with Crippen LogP contribution in [0.5, 0.6) is 0 Å². The van der Waals surface area contributed by atoms with E-state index in [9.17, 15) is 4.79 Å². The third kappa shape index (κ3) is 3.74. The number of nitrogens with one attached hydrogen (secondary N) is 1. The second-order valence-electron chi connectivity index (χ2n) is 8.84. The van der Waals surface area contributed by atoms with Gasteiger partial charge in [-0.15, -0.1) is 0 Å². The zero-order valence-electron chi connectivity index (χ0n) is 19.7. The van der Waals surface area contributed by atoms with E-state index in [1.165, 1.54) is 17.3 Å². The third-order valence-electron chi connectivity index (χ3n) is 6.27. The molecular formula is C28H26N4OS. The molecule has 5 nitrogen and oxygen atoms in total.